The Balaban J connectivity index is 1.57. The van der Waals surface area contributed by atoms with Gasteiger partial charge >= 0.3 is 7.12 Å². The first-order valence-electron chi connectivity index (χ1n) is 9.01. The van der Waals surface area contributed by atoms with Crippen molar-refractivity contribution in [1.82, 2.24) is 14.9 Å². The summed E-state index contributed by atoms with van der Waals surface area (Å²) in [5.74, 6) is -1.84. The van der Waals surface area contributed by atoms with Crippen LogP contribution >= 0.6 is 0 Å². The molecule has 9 heteroatoms. The molecule has 28 heavy (non-hydrogen) atoms. The molecular weight excluding hydrogens is 367 g/mol. The maximum Gasteiger partial charge on any atom is 0.495 e. The molecule has 3 heterocycles. The number of hydrogen-bond donors (Lipinski definition) is 0. The summed E-state index contributed by atoms with van der Waals surface area (Å²) in [5, 5.41) is 0. The fourth-order valence-corrected chi connectivity index (χ4v) is 3.29. The SMILES string of the molecule is CC1(C)OB(c2cc(F)c(CN3Cc4ncncc4C3=O)c(F)c2)OC1(C)C. The zero-order valence-electron chi connectivity index (χ0n) is 16.1. The predicted molar refractivity (Wildman–Crippen MR) is 97.7 cm³/mol. The lowest BCUT2D eigenvalue weighted by Crippen LogP contribution is -2.41. The number of benzene rings is 1. The molecule has 0 unspecified atom stereocenters. The zero-order valence-corrected chi connectivity index (χ0v) is 16.1. The van der Waals surface area contributed by atoms with Crippen LogP contribution in [0.1, 0.15) is 49.3 Å². The van der Waals surface area contributed by atoms with Crippen molar-refractivity contribution in [3.8, 4) is 0 Å². The molecule has 0 N–H and O–H groups in total. The van der Waals surface area contributed by atoms with Crippen molar-refractivity contribution in [1.29, 1.82) is 0 Å². The predicted octanol–water partition coefficient (Wildman–Crippen LogP) is 2.21. The Morgan fingerprint density at radius 1 is 1.14 bits per heavy atom. The van der Waals surface area contributed by atoms with Crippen molar-refractivity contribution >= 4 is 18.5 Å². The van der Waals surface area contributed by atoms with Gasteiger partial charge in [0.2, 0.25) is 0 Å². The molecule has 2 aromatic rings. The molecule has 0 saturated carbocycles. The standard InChI is InChI=1S/C19H20BF2N3O3/c1-18(2)19(3,4)28-20(27-18)11-5-14(21)13(15(22)6-11)8-25-9-16-12(17(25)26)7-23-10-24-16/h5-7,10H,8-9H2,1-4H3. The Labute approximate surface area is 162 Å². The summed E-state index contributed by atoms with van der Waals surface area (Å²) >= 11 is 0. The van der Waals surface area contributed by atoms with E-state index in [4.69, 9.17) is 9.31 Å². The van der Waals surface area contributed by atoms with E-state index in [0.29, 0.717) is 11.3 Å². The van der Waals surface area contributed by atoms with Crippen LogP contribution in [0.4, 0.5) is 8.78 Å². The maximum absolute atomic E-state index is 14.7. The van der Waals surface area contributed by atoms with Gasteiger partial charge in [0, 0.05) is 11.8 Å². The highest BCUT2D eigenvalue weighted by Gasteiger charge is 2.52. The minimum absolute atomic E-state index is 0.186. The molecule has 6 nitrogen and oxygen atoms in total. The molecule has 4 rings (SSSR count). The summed E-state index contributed by atoms with van der Waals surface area (Å²) in [6.45, 7) is 7.47. The Morgan fingerprint density at radius 2 is 1.75 bits per heavy atom. The summed E-state index contributed by atoms with van der Waals surface area (Å²) in [5.41, 5.74) is -0.239. The molecule has 1 saturated heterocycles. The van der Waals surface area contributed by atoms with E-state index in [9.17, 15) is 13.6 Å². The number of fused-ring (bicyclic) bond motifs is 1. The fraction of sp³-hybridized carbons (Fsp3) is 0.421. The lowest BCUT2D eigenvalue weighted by Gasteiger charge is -2.32. The number of hydrogen-bond acceptors (Lipinski definition) is 5. The molecule has 1 aromatic heterocycles. The van der Waals surface area contributed by atoms with E-state index in [1.165, 1.54) is 29.6 Å². The number of carbonyl (C=O) groups is 1. The highest BCUT2D eigenvalue weighted by Crippen LogP contribution is 2.36. The molecule has 146 valence electrons. The third-order valence-corrected chi connectivity index (χ3v) is 5.69. The monoisotopic (exact) mass is 387 g/mol. The van der Waals surface area contributed by atoms with Gasteiger partial charge in [-0.1, -0.05) is 0 Å². The van der Waals surface area contributed by atoms with Gasteiger partial charge in [-0.25, -0.2) is 18.7 Å². The average Bonchev–Trinajstić information content (AvgIpc) is 3.04. The third kappa shape index (κ3) is 2.98. The van der Waals surface area contributed by atoms with Gasteiger partial charge in [-0.15, -0.1) is 0 Å². The minimum Gasteiger partial charge on any atom is -0.399 e. The van der Waals surface area contributed by atoms with Gasteiger partial charge in [0.1, 0.15) is 18.0 Å². The van der Waals surface area contributed by atoms with E-state index in [1.807, 2.05) is 27.7 Å². The second kappa shape index (κ2) is 6.32. The van der Waals surface area contributed by atoms with Crippen molar-refractivity contribution < 1.29 is 22.9 Å². The Bertz CT molecular complexity index is 928. The van der Waals surface area contributed by atoms with Crippen LogP contribution in [0.5, 0.6) is 0 Å². The van der Waals surface area contributed by atoms with Crippen molar-refractivity contribution in [2.24, 2.45) is 0 Å². The lowest BCUT2D eigenvalue weighted by atomic mass is 9.78. The summed E-state index contributed by atoms with van der Waals surface area (Å²) in [6, 6.07) is 2.40. The first-order valence-corrected chi connectivity index (χ1v) is 9.01. The van der Waals surface area contributed by atoms with E-state index in [1.54, 1.807) is 0 Å². The van der Waals surface area contributed by atoms with Gasteiger partial charge in [0.25, 0.3) is 5.91 Å². The smallest absolute Gasteiger partial charge is 0.399 e. The molecular formula is C19H20BF2N3O3. The summed E-state index contributed by atoms with van der Waals surface area (Å²) in [6.07, 6.45) is 2.76. The van der Waals surface area contributed by atoms with Crippen LogP contribution in [0.15, 0.2) is 24.7 Å². The Kier molecular flexibility index (Phi) is 4.28. The Morgan fingerprint density at radius 3 is 2.32 bits per heavy atom. The van der Waals surface area contributed by atoms with Crippen molar-refractivity contribution in [3.05, 3.63) is 53.1 Å². The van der Waals surface area contributed by atoms with Gasteiger partial charge in [-0.3, -0.25) is 4.79 Å². The van der Waals surface area contributed by atoms with Crippen molar-refractivity contribution in [2.75, 3.05) is 0 Å². The topological polar surface area (TPSA) is 64.5 Å². The summed E-state index contributed by atoms with van der Waals surface area (Å²) < 4.78 is 41.2. The summed E-state index contributed by atoms with van der Waals surface area (Å²) in [7, 11) is -0.865. The highest BCUT2D eigenvalue weighted by atomic mass is 19.1. The first kappa shape index (κ1) is 19.0. The number of nitrogens with zero attached hydrogens (tertiary/aromatic N) is 3. The zero-order chi connectivity index (χ0) is 20.3. The second-order valence-corrected chi connectivity index (χ2v) is 8.10. The van der Waals surface area contributed by atoms with Crippen LogP contribution in [0.2, 0.25) is 0 Å². The van der Waals surface area contributed by atoms with Gasteiger partial charge < -0.3 is 14.2 Å². The lowest BCUT2D eigenvalue weighted by molar-refractivity contribution is 0.00578. The molecule has 0 aliphatic carbocycles. The summed E-state index contributed by atoms with van der Waals surface area (Å²) in [4.78, 5) is 21.6. The van der Waals surface area contributed by atoms with E-state index < -0.39 is 30.0 Å². The number of rotatable bonds is 3. The quantitative estimate of drug-likeness (QED) is 0.756. The number of halogens is 2. The maximum atomic E-state index is 14.7. The van der Waals surface area contributed by atoms with Crippen LogP contribution in [-0.4, -0.2) is 39.1 Å². The van der Waals surface area contributed by atoms with E-state index in [2.05, 4.69) is 9.97 Å². The fourth-order valence-electron chi connectivity index (χ4n) is 3.29. The number of amides is 1. The minimum atomic E-state index is -0.865. The average molecular weight is 387 g/mol. The molecule has 2 aliphatic heterocycles. The molecule has 1 amide bonds. The molecule has 2 aliphatic rings. The van der Waals surface area contributed by atoms with Gasteiger partial charge in [-0.05, 0) is 45.3 Å². The van der Waals surface area contributed by atoms with Crippen molar-refractivity contribution in [3.63, 3.8) is 0 Å². The molecule has 0 radical (unpaired) electrons. The molecule has 1 fully saturated rings. The van der Waals surface area contributed by atoms with Crippen molar-refractivity contribution in [2.45, 2.75) is 52.0 Å². The number of aromatic nitrogens is 2. The van der Waals surface area contributed by atoms with E-state index in [0.717, 1.165) is 0 Å². The van der Waals surface area contributed by atoms with Crippen LogP contribution < -0.4 is 5.46 Å². The molecule has 0 spiro atoms. The highest BCUT2D eigenvalue weighted by molar-refractivity contribution is 6.62. The Hall–Kier alpha value is -2.39. The second-order valence-electron chi connectivity index (χ2n) is 8.10. The first-order chi connectivity index (χ1) is 13.1. The van der Waals surface area contributed by atoms with E-state index in [-0.39, 0.29) is 30.0 Å². The van der Waals surface area contributed by atoms with E-state index >= 15 is 0 Å². The van der Waals surface area contributed by atoms with Crippen LogP contribution in [-0.2, 0) is 22.4 Å². The molecule has 1 aromatic carbocycles. The van der Waals surface area contributed by atoms with Gasteiger partial charge in [0.15, 0.2) is 0 Å². The van der Waals surface area contributed by atoms with Gasteiger partial charge in [-0.2, -0.15) is 0 Å². The normalized spacial score (nSPS) is 20.0. The van der Waals surface area contributed by atoms with Crippen LogP contribution in [0, 0.1) is 11.6 Å². The molecule has 0 atom stereocenters. The van der Waals surface area contributed by atoms with Crippen LogP contribution in [0.25, 0.3) is 0 Å². The van der Waals surface area contributed by atoms with Crippen LogP contribution in [0.3, 0.4) is 0 Å². The molecule has 0 bridgehead atoms. The van der Waals surface area contributed by atoms with Gasteiger partial charge in [0.05, 0.1) is 35.5 Å². The largest absolute Gasteiger partial charge is 0.495 e. The third-order valence-electron chi connectivity index (χ3n) is 5.69. The number of carbonyl (C=O) groups excluding carboxylic acids is 1.